The molecule has 0 spiro atoms. The summed E-state index contributed by atoms with van der Waals surface area (Å²) in [6, 6.07) is 5.62. The fraction of sp³-hybridized carbons (Fsp3) is 0.455. The van der Waals surface area contributed by atoms with E-state index in [0.717, 1.165) is 5.69 Å². The second kappa shape index (κ2) is 6.77. The van der Waals surface area contributed by atoms with Gasteiger partial charge in [-0.2, -0.15) is 5.26 Å². The monoisotopic (exact) mass is 221 g/mol. The zero-order chi connectivity index (χ0) is 11.8. The number of nitrogens with zero attached hydrogens (tertiary/aromatic N) is 3. The Morgan fingerprint density at radius 2 is 2.38 bits per heavy atom. The SMILES string of the molecule is COCCN(CCO)c1cccnc1C#N. The Bertz CT molecular complexity index is 362. The summed E-state index contributed by atoms with van der Waals surface area (Å²) in [5, 5.41) is 17.9. The fourth-order valence-corrected chi connectivity index (χ4v) is 1.41. The molecule has 0 atom stereocenters. The van der Waals surface area contributed by atoms with E-state index < -0.39 is 0 Å². The molecular formula is C11H15N3O2. The van der Waals surface area contributed by atoms with Crippen LogP contribution in [0.15, 0.2) is 18.3 Å². The van der Waals surface area contributed by atoms with Crippen molar-refractivity contribution in [1.29, 1.82) is 5.26 Å². The van der Waals surface area contributed by atoms with Crippen LogP contribution in [0.25, 0.3) is 0 Å². The van der Waals surface area contributed by atoms with Crippen LogP contribution < -0.4 is 4.90 Å². The number of aromatic nitrogens is 1. The van der Waals surface area contributed by atoms with Crippen LogP contribution >= 0.6 is 0 Å². The van der Waals surface area contributed by atoms with Gasteiger partial charge in [0.2, 0.25) is 0 Å². The number of hydrogen-bond donors (Lipinski definition) is 1. The minimum Gasteiger partial charge on any atom is -0.395 e. The maximum atomic E-state index is 8.98. The molecule has 1 aromatic rings. The van der Waals surface area contributed by atoms with E-state index in [4.69, 9.17) is 15.1 Å². The van der Waals surface area contributed by atoms with Crippen molar-refractivity contribution in [3.63, 3.8) is 0 Å². The molecule has 1 N–H and O–H groups in total. The van der Waals surface area contributed by atoms with Gasteiger partial charge in [-0.3, -0.25) is 0 Å². The molecule has 1 rings (SSSR count). The molecule has 0 aliphatic heterocycles. The van der Waals surface area contributed by atoms with Gasteiger partial charge in [0.15, 0.2) is 5.69 Å². The van der Waals surface area contributed by atoms with Gasteiger partial charge in [0.05, 0.1) is 18.9 Å². The molecule has 0 unspecified atom stereocenters. The Morgan fingerprint density at radius 3 is 3.00 bits per heavy atom. The lowest BCUT2D eigenvalue weighted by atomic mass is 10.2. The Kier molecular flexibility index (Phi) is 5.26. The maximum absolute atomic E-state index is 8.98. The first kappa shape index (κ1) is 12.4. The molecule has 0 saturated carbocycles. The lowest BCUT2D eigenvalue weighted by Crippen LogP contribution is -2.30. The Morgan fingerprint density at radius 1 is 1.56 bits per heavy atom. The van der Waals surface area contributed by atoms with Gasteiger partial charge < -0.3 is 14.7 Å². The number of hydrogen-bond acceptors (Lipinski definition) is 5. The van der Waals surface area contributed by atoms with Crippen molar-refractivity contribution in [2.75, 3.05) is 38.3 Å². The van der Waals surface area contributed by atoms with E-state index in [-0.39, 0.29) is 6.61 Å². The number of ether oxygens (including phenoxy) is 1. The number of anilines is 1. The van der Waals surface area contributed by atoms with Crippen LogP contribution in [0, 0.1) is 11.3 Å². The fourth-order valence-electron chi connectivity index (χ4n) is 1.41. The first-order valence-corrected chi connectivity index (χ1v) is 5.03. The summed E-state index contributed by atoms with van der Waals surface area (Å²) in [6.45, 7) is 1.66. The Hall–Kier alpha value is -1.64. The average molecular weight is 221 g/mol. The third kappa shape index (κ3) is 3.19. The highest BCUT2D eigenvalue weighted by Crippen LogP contribution is 2.16. The molecule has 0 amide bonds. The maximum Gasteiger partial charge on any atom is 0.163 e. The van der Waals surface area contributed by atoms with Crippen LogP contribution in [0.2, 0.25) is 0 Å². The lowest BCUT2D eigenvalue weighted by Gasteiger charge is -2.23. The number of pyridine rings is 1. The van der Waals surface area contributed by atoms with Crippen LogP contribution in [0.4, 0.5) is 5.69 Å². The van der Waals surface area contributed by atoms with Gasteiger partial charge in [-0.05, 0) is 12.1 Å². The predicted molar refractivity (Wildman–Crippen MR) is 60.1 cm³/mol. The third-order valence-electron chi connectivity index (χ3n) is 2.17. The number of aliphatic hydroxyl groups excluding tert-OH is 1. The highest BCUT2D eigenvalue weighted by Gasteiger charge is 2.10. The first-order valence-electron chi connectivity index (χ1n) is 5.03. The summed E-state index contributed by atoms with van der Waals surface area (Å²) >= 11 is 0. The summed E-state index contributed by atoms with van der Waals surface area (Å²) in [7, 11) is 1.62. The van der Waals surface area contributed by atoms with Crippen molar-refractivity contribution < 1.29 is 9.84 Å². The summed E-state index contributed by atoms with van der Waals surface area (Å²) in [4.78, 5) is 5.87. The minimum absolute atomic E-state index is 0.0312. The molecule has 0 radical (unpaired) electrons. The van der Waals surface area contributed by atoms with Crippen molar-refractivity contribution in [3.8, 4) is 6.07 Å². The van der Waals surface area contributed by atoms with Crippen molar-refractivity contribution in [1.82, 2.24) is 4.98 Å². The van der Waals surface area contributed by atoms with Gasteiger partial charge in [-0.1, -0.05) is 0 Å². The molecule has 0 saturated heterocycles. The summed E-state index contributed by atoms with van der Waals surface area (Å²) < 4.78 is 4.99. The second-order valence-electron chi connectivity index (χ2n) is 3.19. The highest BCUT2D eigenvalue weighted by atomic mass is 16.5. The first-order chi connectivity index (χ1) is 7.83. The molecule has 86 valence electrons. The minimum atomic E-state index is 0.0312. The molecule has 0 aliphatic rings. The molecule has 5 nitrogen and oxygen atoms in total. The molecule has 0 aliphatic carbocycles. The van der Waals surface area contributed by atoms with Crippen molar-refractivity contribution in [3.05, 3.63) is 24.0 Å². The van der Waals surface area contributed by atoms with Gasteiger partial charge in [-0.25, -0.2) is 4.98 Å². The zero-order valence-electron chi connectivity index (χ0n) is 9.26. The summed E-state index contributed by atoms with van der Waals surface area (Å²) in [5.74, 6) is 0. The van der Waals surface area contributed by atoms with E-state index in [1.165, 1.54) is 0 Å². The number of methoxy groups -OCH3 is 1. The van der Waals surface area contributed by atoms with Crippen LogP contribution in [0.3, 0.4) is 0 Å². The molecule has 5 heteroatoms. The Labute approximate surface area is 94.9 Å². The van der Waals surface area contributed by atoms with E-state index in [1.807, 2.05) is 17.0 Å². The number of aliphatic hydroxyl groups is 1. The van der Waals surface area contributed by atoms with E-state index in [1.54, 1.807) is 19.4 Å². The third-order valence-corrected chi connectivity index (χ3v) is 2.17. The standard InChI is InChI=1S/C11H15N3O2/c1-16-8-6-14(5-7-15)11-3-2-4-13-10(11)9-12/h2-4,15H,5-8H2,1H3. The van der Waals surface area contributed by atoms with Crippen molar-refractivity contribution in [2.45, 2.75) is 0 Å². The molecule has 0 bridgehead atoms. The summed E-state index contributed by atoms with van der Waals surface area (Å²) in [6.07, 6.45) is 1.58. The quantitative estimate of drug-likeness (QED) is 0.753. The smallest absolute Gasteiger partial charge is 0.163 e. The van der Waals surface area contributed by atoms with E-state index in [9.17, 15) is 0 Å². The van der Waals surface area contributed by atoms with Gasteiger partial charge in [0, 0.05) is 26.4 Å². The molecule has 0 aromatic carbocycles. The lowest BCUT2D eigenvalue weighted by molar-refractivity contribution is 0.203. The predicted octanol–water partition coefficient (Wildman–Crippen LogP) is 0.398. The second-order valence-corrected chi connectivity index (χ2v) is 3.19. The molecular weight excluding hydrogens is 206 g/mol. The van der Waals surface area contributed by atoms with Crippen LogP contribution in [0.1, 0.15) is 5.69 Å². The van der Waals surface area contributed by atoms with Crippen molar-refractivity contribution >= 4 is 5.69 Å². The van der Waals surface area contributed by atoms with E-state index in [0.29, 0.717) is 25.4 Å². The topological polar surface area (TPSA) is 69.4 Å². The molecule has 0 fully saturated rings. The molecule has 16 heavy (non-hydrogen) atoms. The van der Waals surface area contributed by atoms with E-state index >= 15 is 0 Å². The normalized spacial score (nSPS) is 9.81. The van der Waals surface area contributed by atoms with Gasteiger partial charge in [0.1, 0.15) is 6.07 Å². The average Bonchev–Trinajstić information content (AvgIpc) is 2.34. The number of nitriles is 1. The van der Waals surface area contributed by atoms with Crippen LogP contribution in [-0.4, -0.2) is 43.5 Å². The van der Waals surface area contributed by atoms with Crippen LogP contribution in [0.5, 0.6) is 0 Å². The molecule has 1 aromatic heterocycles. The van der Waals surface area contributed by atoms with Gasteiger partial charge >= 0.3 is 0 Å². The van der Waals surface area contributed by atoms with Gasteiger partial charge in [0.25, 0.3) is 0 Å². The number of rotatable bonds is 6. The zero-order valence-corrected chi connectivity index (χ0v) is 9.26. The van der Waals surface area contributed by atoms with E-state index in [2.05, 4.69) is 4.98 Å². The molecule has 1 heterocycles. The largest absolute Gasteiger partial charge is 0.395 e. The Balaban J connectivity index is 2.87. The van der Waals surface area contributed by atoms with Gasteiger partial charge in [-0.15, -0.1) is 0 Å². The van der Waals surface area contributed by atoms with Crippen molar-refractivity contribution in [2.24, 2.45) is 0 Å². The van der Waals surface area contributed by atoms with Crippen LogP contribution in [-0.2, 0) is 4.74 Å². The summed E-state index contributed by atoms with van der Waals surface area (Å²) in [5.41, 5.74) is 1.10. The highest BCUT2D eigenvalue weighted by molar-refractivity contribution is 5.55.